The van der Waals surface area contributed by atoms with E-state index in [4.69, 9.17) is 14.2 Å². The molecule has 1 aliphatic heterocycles. The molecular weight excluding hydrogens is 266 g/mol. The highest BCUT2D eigenvalue weighted by Crippen LogP contribution is 2.37. The van der Waals surface area contributed by atoms with Gasteiger partial charge in [-0.25, -0.2) is 0 Å². The Hall–Kier alpha value is -1.26. The van der Waals surface area contributed by atoms with Crippen molar-refractivity contribution in [3.05, 3.63) is 23.8 Å². The zero-order chi connectivity index (χ0) is 14.7. The summed E-state index contributed by atoms with van der Waals surface area (Å²) in [6.45, 7) is 1.89. The summed E-state index contributed by atoms with van der Waals surface area (Å²) >= 11 is 0. The monoisotopic (exact) mass is 291 g/mol. The second kappa shape index (κ2) is 6.67. The van der Waals surface area contributed by atoms with E-state index in [1.54, 1.807) is 14.2 Å². The van der Waals surface area contributed by atoms with E-state index in [2.05, 4.69) is 17.4 Å². The third kappa shape index (κ3) is 3.50. The fraction of sp³-hybridized carbons (Fsp3) is 0.647. The minimum Gasteiger partial charge on any atom is -0.493 e. The average molecular weight is 291 g/mol. The maximum absolute atomic E-state index is 6.07. The fourth-order valence-corrected chi connectivity index (χ4v) is 3.06. The molecule has 2 fully saturated rings. The Bertz CT molecular complexity index is 473. The summed E-state index contributed by atoms with van der Waals surface area (Å²) in [5, 5.41) is 3.64. The highest BCUT2D eigenvalue weighted by atomic mass is 16.5. The van der Waals surface area contributed by atoms with E-state index in [1.165, 1.54) is 24.8 Å². The molecule has 1 aliphatic carbocycles. The molecule has 1 saturated heterocycles. The molecule has 2 aliphatic rings. The smallest absolute Gasteiger partial charge is 0.161 e. The first-order valence-electron chi connectivity index (χ1n) is 7.88. The molecule has 1 heterocycles. The van der Waals surface area contributed by atoms with Crippen molar-refractivity contribution in [3.8, 4) is 11.5 Å². The maximum Gasteiger partial charge on any atom is 0.161 e. The van der Waals surface area contributed by atoms with E-state index in [0.29, 0.717) is 5.92 Å². The van der Waals surface area contributed by atoms with Gasteiger partial charge in [0.2, 0.25) is 0 Å². The number of hydrogen-bond acceptors (Lipinski definition) is 4. The molecule has 4 heteroatoms. The zero-order valence-electron chi connectivity index (χ0n) is 12.9. The third-order valence-electron chi connectivity index (χ3n) is 4.43. The summed E-state index contributed by atoms with van der Waals surface area (Å²) in [7, 11) is 3.34. The van der Waals surface area contributed by atoms with Crippen molar-refractivity contribution >= 4 is 0 Å². The van der Waals surface area contributed by atoms with Crippen LogP contribution in [0.4, 0.5) is 0 Å². The van der Waals surface area contributed by atoms with Crippen molar-refractivity contribution in [3.63, 3.8) is 0 Å². The molecule has 2 atom stereocenters. The van der Waals surface area contributed by atoms with Crippen molar-refractivity contribution in [1.29, 1.82) is 0 Å². The molecule has 21 heavy (non-hydrogen) atoms. The van der Waals surface area contributed by atoms with E-state index in [9.17, 15) is 0 Å². The van der Waals surface area contributed by atoms with Crippen LogP contribution in [-0.4, -0.2) is 33.4 Å². The Labute approximate surface area is 126 Å². The van der Waals surface area contributed by atoms with Gasteiger partial charge < -0.3 is 19.5 Å². The lowest BCUT2D eigenvalue weighted by Gasteiger charge is -2.32. The second-order valence-electron chi connectivity index (χ2n) is 5.99. The van der Waals surface area contributed by atoms with Crippen LogP contribution in [0, 0.1) is 5.92 Å². The number of hydrogen-bond donors (Lipinski definition) is 1. The normalized spacial score (nSPS) is 25.6. The number of nitrogens with one attached hydrogen (secondary N) is 1. The standard InChI is InChI=1S/C17H25NO3/c1-19-15-8-5-12(10-16(15)20-2)17-13(4-3-9-21-17)11-18-14-6-7-14/h5,8,10,13-14,17-18H,3-4,6-7,9,11H2,1-2H3. The molecular formula is C17H25NO3. The minimum absolute atomic E-state index is 0.157. The van der Waals surface area contributed by atoms with Crippen LogP contribution in [0.5, 0.6) is 11.5 Å². The summed E-state index contributed by atoms with van der Waals surface area (Å²) in [6.07, 6.45) is 5.19. The lowest BCUT2D eigenvalue weighted by Crippen LogP contribution is -2.32. The Morgan fingerprint density at radius 2 is 1.95 bits per heavy atom. The van der Waals surface area contributed by atoms with E-state index in [0.717, 1.165) is 37.1 Å². The van der Waals surface area contributed by atoms with Crippen LogP contribution in [0.3, 0.4) is 0 Å². The van der Waals surface area contributed by atoms with Crippen LogP contribution in [0.2, 0.25) is 0 Å². The van der Waals surface area contributed by atoms with Gasteiger partial charge >= 0.3 is 0 Å². The fourth-order valence-electron chi connectivity index (χ4n) is 3.06. The molecule has 1 aromatic rings. The molecule has 1 N–H and O–H groups in total. The van der Waals surface area contributed by atoms with Crippen LogP contribution in [-0.2, 0) is 4.74 Å². The summed E-state index contributed by atoms with van der Waals surface area (Å²) in [5.41, 5.74) is 1.19. The Kier molecular flexibility index (Phi) is 4.66. The molecule has 0 bridgehead atoms. The lowest BCUT2D eigenvalue weighted by molar-refractivity contribution is -0.0279. The van der Waals surface area contributed by atoms with Crippen LogP contribution < -0.4 is 14.8 Å². The third-order valence-corrected chi connectivity index (χ3v) is 4.43. The van der Waals surface area contributed by atoms with Crippen molar-refractivity contribution in [2.45, 2.75) is 37.8 Å². The molecule has 1 saturated carbocycles. The van der Waals surface area contributed by atoms with E-state index >= 15 is 0 Å². The molecule has 0 radical (unpaired) electrons. The van der Waals surface area contributed by atoms with Crippen LogP contribution >= 0.6 is 0 Å². The lowest BCUT2D eigenvalue weighted by atomic mass is 9.89. The average Bonchev–Trinajstić information content (AvgIpc) is 3.37. The highest BCUT2D eigenvalue weighted by Gasteiger charge is 2.30. The summed E-state index contributed by atoms with van der Waals surface area (Å²) in [5.74, 6) is 2.08. The number of rotatable bonds is 6. The molecule has 2 unspecified atom stereocenters. The molecule has 0 aromatic heterocycles. The first kappa shape index (κ1) is 14.7. The van der Waals surface area contributed by atoms with Gasteiger partial charge in [-0.2, -0.15) is 0 Å². The topological polar surface area (TPSA) is 39.7 Å². The first-order valence-corrected chi connectivity index (χ1v) is 7.88. The van der Waals surface area contributed by atoms with Gasteiger partial charge in [0.1, 0.15) is 0 Å². The molecule has 1 aromatic carbocycles. The Morgan fingerprint density at radius 1 is 1.14 bits per heavy atom. The van der Waals surface area contributed by atoms with Gasteiger partial charge in [0, 0.05) is 25.1 Å². The maximum atomic E-state index is 6.07. The zero-order valence-corrected chi connectivity index (χ0v) is 12.9. The molecule has 4 nitrogen and oxygen atoms in total. The molecule has 3 rings (SSSR count). The molecule has 116 valence electrons. The van der Waals surface area contributed by atoms with Gasteiger partial charge in [0.15, 0.2) is 11.5 Å². The molecule has 0 amide bonds. The van der Waals surface area contributed by atoms with Crippen LogP contribution in [0.1, 0.15) is 37.4 Å². The number of benzene rings is 1. The predicted octanol–water partition coefficient (Wildman–Crippen LogP) is 2.92. The summed E-state index contributed by atoms with van der Waals surface area (Å²) in [4.78, 5) is 0. The van der Waals surface area contributed by atoms with Gasteiger partial charge in [0.25, 0.3) is 0 Å². The number of ether oxygens (including phenoxy) is 3. The van der Waals surface area contributed by atoms with E-state index in [-0.39, 0.29) is 6.10 Å². The number of methoxy groups -OCH3 is 2. The van der Waals surface area contributed by atoms with Crippen molar-refractivity contribution in [2.24, 2.45) is 5.92 Å². The molecule has 0 spiro atoms. The second-order valence-corrected chi connectivity index (χ2v) is 5.99. The van der Waals surface area contributed by atoms with Crippen molar-refractivity contribution < 1.29 is 14.2 Å². The SMILES string of the molecule is COc1ccc(C2OCCCC2CNC2CC2)cc1OC. The van der Waals surface area contributed by atoms with Gasteiger partial charge in [0.05, 0.1) is 20.3 Å². The first-order chi connectivity index (χ1) is 10.3. The predicted molar refractivity (Wildman–Crippen MR) is 82.0 cm³/mol. The Morgan fingerprint density at radius 3 is 2.67 bits per heavy atom. The van der Waals surface area contributed by atoms with Gasteiger partial charge in [-0.05, 0) is 43.4 Å². The summed E-state index contributed by atoms with van der Waals surface area (Å²) < 4.78 is 16.8. The van der Waals surface area contributed by atoms with Crippen LogP contribution in [0.15, 0.2) is 18.2 Å². The van der Waals surface area contributed by atoms with Gasteiger partial charge in [-0.3, -0.25) is 0 Å². The van der Waals surface area contributed by atoms with Gasteiger partial charge in [-0.1, -0.05) is 6.07 Å². The quantitative estimate of drug-likeness (QED) is 0.875. The Balaban J connectivity index is 1.74. The van der Waals surface area contributed by atoms with E-state index in [1.807, 2.05) is 6.07 Å². The highest BCUT2D eigenvalue weighted by molar-refractivity contribution is 5.43. The van der Waals surface area contributed by atoms with E-state index < -0.39 is 0 Å². The largest absolute Gasteiger partial charge is 0.493 e. The van der Waals surface area contributed by atoms with Crippen molar-refractivity contribution in [1.82, 2.24) is 5.32 Å². The van der Waals surface area contributed by atoms with Crippen LogP contribution in [0.25, 0.3) is 0 Å². The van der Waals surface area contributed by atoms with Crippen molar-refractivity contribution in [2.75, 3.05) is 27.4 Å². The summed E-state index contributed by atoms with van der Waals surface area (Å²) in [6, 6.07) is 6.87. The van der Waals surface area contributed by atoms with Gasteiger partial charge in [-0.15, -0.1) is 0 Å². The minimum atomic E-state index is 0.157.